The predicted molar refractivity (Wildman–Crippen MR) is 47.2 cm³/mol. The molecular formula is C9H14F3NO2. The SMILES string of the molecule is CCOC(=O)[C@@H]1CCCN[C@@H]1C(F)(F)F. The molecule has 88 valence electrons. The number of nitrogens with one attached hydrogen (secondary N) is 1. The first-order valence-electron chi connectivity index (χ1n) is 4.93. The van der Waals surface area contributed by atoms with Crippen LogP contribution in [0.1, 0.15) is 19.8 Å². The minimum absolute atomic E-state index is 0.111. The number of alkyl halides is 3. The molecule has 2 atom stereocenters. The minimum Gasteiger partial charge on any atom is -0.466 e. The van der Waals surface area contributed by atoms with Gasteiger partial charge >= 0.3 is 12.1 Å². The van der Waals surface area contributed by atoms with Crippen molar-refractivity contribution in [2.24, 2.45) is 5.92 Å². The quantitative estimate of drug-likeness (QED) is 0.723. The van der Waals surface area contributed by atoms with Crippen molar-refractivity contribution in [2.45, 2.75) is 32.0 Å². The van der Waals surface area contributed by atoms with Gasteiger partial charge in [0.2, 0.25) is 0 Å². The summed E-state index contributed by atoms with van der Waals surface area (Å²) in [7, 11) is 0. The van der Waals surface area contributed by atoms with Crippen LogP contribution in [-0.4, -0.2) is 31.3 Å². The van der Waals surface area contributed by atoms with Crippen molar-refractivity contribution in [1.29, 1.82) is 0 Å². The first-order valence-corrected chi connectivity index (χ1v) is 4.93. The van der Waals surface area contributed by atoms with E-state index in [0.29, 0.717) is 13.0 Å². The van der Waals surface area contributed by atoms with E-state index in [1.54, 1.807) is 6.92 Å². The van der Waals surface area contributed by atoms with E-state index in [4.69, 9.17) is 0 Å². The number of ether oxygens (including phenoxy) is 1. The molecule has 0 unspecified atom stereocenters. The van der Waals surface area contributed by atoms with Crippen molar-refractivity contribution in [2.75, 3.05) is 13.2 Å². The molecule has 1 aliphatic heterocycles. The summed E-state index contributed by atoms with van der Waals surface area (Å²) < 4.78 is 42.2. The van der Waals surface area contributed by atoms with Gasteiger partial charge in [-0.2, -0.15) is 13.2 Å². The third-order valence-corrected chi connectivity index (χ3v) is 2.40. The third-order valence-electron chi connectivity index (χ3n) is 2.40. The molecule has 15 heavy (non-hydrogen) atoms. The topological polar surface area (TPSA) is 38.3 Å². The molecule has 1 fully saturated rings. The molecule has 0 radical (unpaired) electrons. The van der Waals surface area contributed by atoms with Crippen LogP contribution in [-0.2, 0) is 9.53 Å². The summed E-state index contributed by atoms with van der Waals surface area (Å²) in [5.41, 5.74) is 0. The number of piperidine rings is 1. The molecule has 0 aromatic rings. The van der Waals surface area contributed by atoms with E-state index in [1.807, 2.05) is 0 Å². The molecule has 0 saturated carbocycles. The van der Waals surface area contributed by atoms with E-state index in [1.165, 1.54) is 0 Å². The molecule has 6 heteroatoms. The lowest BCUT2D eigenvalue weighted by Crippen LogP contribution is -2.53. The van der Waals surface area contributed by atoms with E-state index < -0.39 is 24.1 Å². The Hall–Kier alpha value is -0.780. The van der Waals surface area contributed by atoms with Crippen molar-refractivity contribution in [3.8, 4) is 0 Å². The summed E-state index contributed by atoms with van der Waals surface area (Å²) in [6, 6.07) is -1.76. The second-order valence-corrected chi connectivity index (χ2v) is 3.47. The van der Waals surface area contributed by atoms with E-state index in [9.17, 15) is 18.0 Å². The number of carbonyl (C=O) groups is 1. The van der Waals surface area contributed by atoms with Crippen LogP contribution >= 0.6 is 0 Å². The van der Waals surface area contributed by atoms with Gasteiger partial charge in [0.15, 0.2) is 0 Å². The fourth-order valence-electron chi connectivity index (χ4n) is 1.74. The van der Waals surface area contributed by atoms with E-state index in [2.05, 4.69) is 10.1 Å². The molecule has 3 nitrogen and oxygen atoms in total. The maximum absolute atomic E-state index is 12.5. The van der Waals surface area contributed by atoms with Gasteiger partial charge in [-0.25, -0.2) is 0 Å². The molecule has 0 aromatic carbocycles. The van der Waals surface area contributed by atoms with Crippen LogP contribution in [0.25, 0.3) is 0 Å². The Bertz CT molecular complexity index is 230. The van der Waals surface area contributed by atoms with Gasteiger partial charge in [-0.15, -0.1) is 0 Å². The van der Waals surface area contributed by atoms with Gasteiger partial charge in [-0.1, -0.05) is 0 Å². The zero-order valence-electron chi connectivity index (χ0n) is 8.43. The summed E-state index contributed by atoms with van der Waals surface area (Å²) in [6.07, 6.45) is -3.59. The molecule has 1 saturated heterocycles. The fourth-order valence-corrected chi connectivity index (χ4v) is 1.74. The van der Waals surface area contributed by atoms with Gasteiger partial charge in [-0.3, -0.25) is 4.79 Å². The van der Waals surface area contributed by atoms with E-state index in [0.717, 1.165) is 0 Å². The van der Waals surface area contributed by atoms with Crippen molar-refractivity contribution < 1.29 is 22.7 Å². The largest absolute Gasteiger partial charge is 0.466 e. The molecule has 0 spiro atoms. The van der Waals surface area contributed by atoms with Crippen molar-refractivity contribution in [3.05, 3.63) is 0 Å². The van der Waals surface area contributed by atoms with Crippen LogP contribution in [0.15, 0.2) is 0 Å². The summed E-state index contributed by atoms with van der Waals surface area (Å²) >= 11 is 0. The summed E-state index contributed by atoms with van der Waals surface area (Å²) in [5, 5.41) is 2.32. The number of esters is 1. The standard InChI is InChI=1S/C9H14F3NO2/c1-2-15-8(14)6-4-3-5-13-7(6)9(10,11)12/h6-7,13H,2-5H2,1H3/t6-,7+/m1/s1. The first kappa shape index (κ1) is 12.3. The van der Waals surface area contributed by atoms with Gasteiger partial charge in [0.1, 0.15) is 6.04 Å². The predicted octanol–water partition coefficient (Wildman–Crippen LogP) is 1.48. The minimum atomic E-state index is -4.39. The van der Waals surface area contributed by atoms with Crippen LogP contribution in [0.2, 0.25) is 0 Å². The highest BCUT2D eigenvalue weighted by molar-refractivity contribution is 5.73. The molecule has 0 aromatic heterocycles. The maximum Gasteiger partial charge on any atom is 0.404 e. The molecule has 1 aliphatic rings. The number of hydrogen-bond donors (Lipinski definition) is 1. The summed E-state index contributed by atoms with van der Waals surface area (Å²) in [5.74, 6) is -1.86. The number of halogens is 3. The normalized spacial score (nSPS) is 27.5. The van der Waals surface area contributed by atoms with Crippen LogP contribution in [0.5, 0.6) is 0 Å². The lowest BCUT2D eigenvalue weighted by Gasteiger charge is -2.32. The zero-order valence-corrected chi connectivity index (χ0v) is 8.43. The summed E-state index contributed by atoms with van der Waals surface area (Å²) in [6.45, 7) is 1.98. The Morgan fingerprint density at radius 2 is 2.20 bits per heavy atom. The molecule has 1 N–H and O–H groups in total. The Balaban J connectivity index is 2.70. The second-order valence-electron chi connectivity index (χ2n) is 3.47. The highest BCUT2D eigenvalue weighted by atomic mass is 19.4. The lowest BCUT2D eigenvalue weighted by atomic mass is 9.90. The smallest absolute Gasteiger partial charge is 0.404 e. The number of hydrogen-bond acceptors (Lipinski definition) is 3. The highest BCUT2D eigenvalue weighted by Crippen LogP contribution is 2.31. The van der Waals surface area contributed by atoms with Crippen molar-refractivity contribution >= 4 is 5.97 Å². The summed E-state index contributed by atoms with van der Waals surface area (Å²) in [4.78, 5) is 11.3. The first-order chi connectivity index (χ1) is 6.96. The highest BCUT2D eigenvalue weighted by Gasteiger charge is 2.48. The van der Waals surface area contributed by atoms with Crippen LogP contribution in [0.3, 0.4) is 0 Å². The number of rotatable bonds is 2. The van der Waals surface area contributed by atoms with Gasteiger partial charge in [0.05, 0.1) is 12.5 Å². The molecule has 1 rings (SSSR count). The molecule has 0 aliphatic carbocycles. The fraction of sp³-hybridized carbons (Fsp3) is 0.889. The molecule has 0 amide bonds. The van der Waals surface area contributed by atoms with Gasteiger partial charge < -0.3 is 10.1 Å². The van der Waals surface area contributed by atoms with Crippen molar-refractivity contribution in [3.63, 3.8) is 0 Å². The molecular weight excluding hydrogens is 211 g/mol. The van der Waals surface area contributed by atoms with Crippen molar-refractivity contribution in [1.82, 2.24) is 5.32 Å². The zero-order chi connectivity index (χ0) is 11.5. The Kier molecular flexibility index (Phi) is 3.96. The third kappa shape index (κ3) is 3.09. The van der Waals surface area contributed by atoms with Crippen LogP contribution in [0, 0.1) is 5.92 Å². The van der Waals surface area contributed by atoms with E-state index in [-0.39, 0.29) is 13.0 Å². The number of carbonyl (C=O) groups excluding carboxylic acids is 1. The monoisotopic (exact) mass is 225 g/mol. The van der Waals surface area contributed by atoms with Crippen LogP contribution in [0.4, 0.5) is 13.2 Å². The molecule has 0 bridgehead atoms. The van der Waals surface area contributed by atoms with Gasteiger partial charge in [0, 0.05) is 0 Å². The Labute approximate surface area is 86.0 Å². The Morgan fingerprint density at radius 1 is 1.53 bits per heavy atom. The maximum atomic E-state index is 12.5. The Morgan fingerprint density at radius 3 is 2.73 bits per heavy atom. The van der Waals surface area contributed by atoms with Gasteiger partial charge in [-0.05, 0) is 26.3 Å². The second kappa shape index (κ2) is 4.83. The molecule has 1 heterocycles. The van der Waals surface area contributed by atoms with E-state index >= 15 is 0 Å². The average molecular weight is 225 g/mol. The lowest BCUT2D eigenvalue weighted by molar-refractivity contribution is -0.185. The van der Waals surface area contributed by atoms with Crippen LogP contribution < -0.4 is 5.32 Å². The average Bonchev–Trinajstić information content (AvgIpc) is 2.17. The van der Waals surface area contributed by atoms with Gasteiger partial charge in [0.25, 0.3) is 0 Å².